The van der Waals surface area contributed by atoms with Crippen LogP contribution in [0.2, 0.25) is 10.0 Å². The van der Waals surface area contributed by atoms with Gasteiger partial charge in [-0.3, -0.25) is 14.4 Å². The Morgan fingerprint density at radius 3 is 2.14 bits per heavy atom. The number of hydrogen-bond donors (Lipinski definition) is 1. The van der Waals surface area contributed by atoms with E-state index in [-0.39, 0.29) is 21.6 Å². The molecule has 1 unspecified atom stereocenters. The monoisotopic (exact) mass is 428 g/mol. The smallest absolute Gasteiger partial charge is 0.227 e. The second kappa shape index (κ2) is 7.17. The molecule has 2 aromatic carbocycles. The predicted molar refractivity (Wildman–Crippen MR) is 108 cm³/mol. The minimum Gasteiger partial charge on any atom is -0.502 e. The van der Waals surface area contributed by atoms with Gasteiger partial charge in [-0.05, 0) is 24.6 Å². The summed E-state index contributed by atoms with van der Waals surface area (Å²) in [5.74, 6) is -3.65. The van der Waals surface area contributed by atoms with Crippen molar-refractivity contribution >= 4 is 34.8 Å². The van der Waals surface area contributed by atoms with E-state index in [1.807, 2.05) is 0 Å². The Labute approximate surface area is 175 Å². The first-order chi connectivity index (χ1) is 13.8. The Morgan fingerprint density at radius 1 is 0.931 bits per heavy atom. The van der Waals surface area contributed by atoms with Crippen molar-refractivity contribution < 1.29 is 19.1 Å². The summed E-state index contributed by atoms with van der Waals surface area (Å²) in [5.41, 5.74) is 0.344. The fourth-order valence-corrected chi connectivity index (χ4v) is 4.01. The Balaban J connectivity index is 1.98. The van der Waals surface area contributed by atoms with Crippen LogP contribution in [0.1, 0.15) is 43.7 Å². The molecule has 0 bridgehead atoms. The standard InChI is InChI=1S/C22H14Cl2O5/c1-10-8-16(25)21(28)22(29-10)17(11-6-7-14(23)15(24)9-11)18-19(26)12-4-2-3-5-13(12)20(18)27/h2-9,17-18,28H,1H3. The molecule has 1 N–H and O–H groups in total. The van der Waals surface area contributed by atoms with E-state index >= 15 is 0 Å². The molecular weight excluding hydrogens is 415 g/mol. The molecule has 0 saturated carbocycles. The number of aromatic hydroxyl groups is 1. The second-order valence-corrected chi connectivity index (χ2v) is 7.65. The number of carbonyl (C=O) groups is 2. The number of benzene rings is 2. The summed E-state index contributed by atoms with van der Waals surface area (Å²) in [7, 11) is 0. The van der Waals surface area contributed by atoms with Crippen LogP contribution in [-0.2, 0) is 0 Å². The van der Waals surface area contributed by atoms with Gasteiger partial charge < -0.3 is 9.52 Å². The largest absolute Gasteiger partial charge is 0.502 e. The summed E-state index contributed by atoms with van der Waals surface area (Å²) in [6.45, 7) is 1.54. The third kappa shape index (κ3) is 3.16. The first-order valence-electron chi connectivity index (χ1n) is 8.75. The summed E-state index contributed by atoms with van der Waals surface area (Å²) in [5, 5.41) is 10.9. The lowest BCUT2D eigenvalue weighted by Gasteiger charge is -2.22. The number of ketones is 2. The number of hydrogen-bond acceptors (Lipinski definition) is 5. The van der Waals surface area contributed by atoms with Gasteiger partial charge in [0.05, 0.1) is 21.9 Å². The van der Waals surface area contributed by atoms with Gasteiger partial charge in [0.2, 0.25) is 11.2 Å². The zero-order valence-corrected chi connectivity index (χ0v) is 16.6. The molecule has 0 saturated heterocycles. The average Bonchev–Trinajstić information content (AvgIpc) is 2.94. The molecule has 3 aromatic rings. The fraction of sp³-hybridized carbons (Fsp3) is 0.136. The first-order valence-corrected chi connectivity index (χ1v) is 9.51. The molecule has 0 aliphatic heterocycles. The van der Waals surface area contributed by atoms with Crippen molar-refractivity contribution in [1.29, 1.82) is 0 Å². The third-order valence-corrected chi connectivity index (χ3v) is 5.75. The van der Waals surface area contributed by atoms with Crippen LogP contribution >= 0.6 is 23.2 Å². The van der Waals surface area contributed by atoms with Gasteiger partial charge in [-0.25, -0.2) is 0 Å². The van der Waals surface area contributed by atoms with Crippen molar-refractivity contribution in [3.8, 4) is 5.75 Å². The van der Waals surface area contributed by atoms with Crippen LogP contribution in [0.15, 0.2) is 57.7 Å². The maximum atomic E-state index is 13.1. The summed E-state index contributed by atoms with van der Waals surface area (Å²) >= 11 is 12.2. The molecule has 0 radical (unpaired) electrons. The van der Waals surface area contributed by atoms with E-state index in [1.165, 1.54) is 12.1 Å². The highest BCUT2D eigenvalue weighted by molar-refractivity contribution is 6.42. The Kier molecular flexibility index (Phi) is 4.81. The van der Waals surface area contributed by atoms with Crippen LogP contribution in [0.4, 0.5) is 0 Å². The van der Waals surface area contributed by atoms with Gasteiger partial charge >= 0.3 is 0 Å². The molecular formula is C22H14Cl2O5. The molecule has 0 fully saturated rings. The van der Waals surface area contributed by atoms with Gasteiger partial charge in [-0.15, -0.1) is 0 Å². The van der Waals surface area contributed by atoms with Crippen LogP contribution < -0.4 is 5.43 Å². The average molecular weight is 429 g/mol. The summed E-state index contributed by atoms with van der Waals surface area (Å²) < 4.78 is 5.65. The quantitative estimate of drug-likeness (QED) is 0.606. The van der Waals surface area contributed by atoms with Crippen LogP contribution in [0.5, 0.6) is 5.75 Å². The minimum atomic E-state index is -1.21. The highest BCUT2D eigenvalue weighted by atomic mass is 35.5. The first kappa shape index (κ1) is 19.4. The minimum absolute atomic E-state index is 0.159. The molecule has 7 heteroatoms. The number of carbonyl (C=O) groups excluding carboxylic acids is 2. The van der Waals surface area contributed by atoms with Gasteiger partial charge in [0.1, 0.15) is 5.76 Å². The molecule has 146 valence electrons. The van der Waals surface area contributed by atoms with Crippen molar-refractivity contribution in [1.82, 2.24) is 0 Å². The van der Waals surface area contributed by atoms with Crippen molar-refractivity contribution in [2.45, 2.75) is 12.8 Å². The normalized spacial score (nSPS) is 14.9. The lowest BCUT2D eigenvalue weighted by Crippen LogP contribution is -2.26. The summed E-state index contributed by atoms with van der Waals surface area (Å²) in [4.78, 5) is 38.5. The highest BCUT2D eigenvalue weighted by Crippen LogP contribution is 2.43. The van der Waals surface area contributed by atoms with E-state index < -0.39 is 34.6 Å². The van der Waals surface area contributed by atoms with Crippen LogP contribution in [0.25, 0.3) is 0 Å². The Morgan fingerprint density at radius 2 is 1.55 bits per heavy atom. The van der Waals surface area contributed by atoms with Crippen LogP contribution in [-0.4, -0.2) is 16.7 Å². The van der Waals surface area contributed by atoms with E-state index in [0.29, 0.717) is 16.7 Å². The highest BCUT2D eigenvalue weighted by Gasteiger charge is 2.46. The fourth-order valence-electron chi connectivity index (χ4n) is 3.71. The number of Topliss-reactive ketones (excluding diaryl/α,β-unsaturated/α-hetero) is 2. The molecule has 0 amide bonds. The maximum Gasteiger partial charge on any atom is 0.227 e. The van der Waals surface area contributed by atoms with E-state index in [4.69, 9.17) is 27.6 Å². The van der Waals surface area contributed by atoms with Crippen LogP contribution in [0, 0.1) is 12.8 Å². The zero-order chi connectivity index (χ0) is 20.9. The van der Waals surface area contributed by atoms with Gasteiger partial charge in [0.15, 0.2) is 17.3 Å². The van der Waals surface area contributed by atoms with Gasteiger partial charge in [0.25, 0.3) is 0 Å². The molecule has 0 spiro atoms. The SMILES string of the molecule is Cc1cc(=O)c(O)c(C(c2ccc(Cl)c(Cl)c2)C2C(=O)c3ccccc3C2=O)o1. The molecule has 1 heterocycles. The lowest BCUT2D eigenvalue weighted by atomic mass is 9.80. The van der Waals surface area contributed by atoms with Crippen molar-refractivity contribution in [2.75, 3.05) is 0 Å². The predicted octanol–water partition coefficient (Wildman–Crippen LogP) is 4.79. The molecule has 1 aliphatic rings. The topological polar surface area (TPSA) is 84.6 Å². The van der Waals surface area contributed by atoms with Gasteiger partial charge in [-0.1, -0.05) is 53.5 Å². The van der Waals surface area contributed by atoms with Crippen molar-refractivity contribution in [3.63, 3.8) is 0 Å². The van der Waals surface area contributed by atoms with E-state index in [9.17, 15) is 19.5 Å². The molecule has 1 aromatic heterocycles. The van der Waals surface area contributed by atoms with E-state index in [0.717, 1.165) is 6.07 Å². The van der Waals surface area contributed by atoms with Gasteiger partial charge in [-0.2, -0.15) is 0 Å². The van der Waals surface area contributed by atoms with E-state index in [1.54, 1.807) is 37.3 Å². The van der Waals surface area contributed by atoms with E-state index in [2.05, 4.69) is 0 Å². The Bertz CT molecular complexity index is 1190. The second-order valence-electron chi connectivity index (χ2n) is 6.84. The lowest BCUT2D eigenvalue weighted by molar-refractivity contribution is 0.0816. The third-order valence-electron chi connectivity index (χ3n) is 5.01. The summed E-state index contributed by atoms with van der Waals surface area (Å²) in [6.07, 6.45) is 0. The molecule has 4 rings (SSSR count). The van der Waals surface area contributed by atoms with Crippen LogP contribution in [0.3, 0.4) is 0 Å². The Hall–Kier alpha value is -2.89. The molecule has 29 heavy (non-hydrogen) atoms. The number of aryl methyl sites for hydroxylation is 1. The summed E-state index contributed by atoms with van der Waals surface area (Å²) in [6, 6.07) is 12.2. The molecule has 1 aliphatic carbocycles. The zero-order valence-electron chi connectivity index (χ0n) is 15.1. The maximum absolute atomic E-state index is 13.1. The number of rotatable bonds is 3. The van der Waals surface area contributed by atoms with Gasteiger partial charge in [0, 0.05) is 17.2 Å². The van der Waals surface area contributed by atoms with Crippen molar-refractivity contribution in [3.05, 3.63) is 97.0 Å². The molecule has 5 nitrogen and oxygen atoms in total. The number of halogens is 2. The van der Waals surface area contributed by atoms with Crippen molar-refractivity contribution in [2.24, 2.45) is 5.92 Å². The number of fused-ring (bicyclic) bond motifs is 1. The molecule has 1 atom stereocenters.